The molecule has 1 saturated heterocycles. The Balaban J connectivity index is 1.33. The van der Waals surface area contributed by atoms with Gasteiger partial charge in [-0.1, -0.05) is 112 Å². The molecule has 1 saturated carbocycles. The van der Waals surface area contributed by atoms with Crippen LogP contribution in [0, 0.1) is 17.7 Å². The molecule has 1 aliphatic carbocycles. The molecule has 2 fully saturated rings. The predicted octanol–water partition coefficient (Wildman–Crippen LogP) is 6.92. The molecule has 44 heavy (non-hydrogen) atoms. The van der Waals surface area contributed by atoms with Crippen molar-refractivity contribution in [3.8, 4) is 0 Å². The molecular formula is C38H41FO4Si. The first-order valence-electron chi connectivity index (χ1n) is 15.6. The summed E-state index contributed by atoms with van der Waals surface area (Å²) in [4.78, 5) is 12.8. The molecule has 4 atom stereocenters. The Morgan fingerprint density at radius 2 is 1.43 bits per heavy atom. The first-order chi connectivity index (χ1) is 21.2. The molecule has 4 unspecified atom stereocenters. The van der Waals surface area contributed by atoms with Crippen molar-refractivity contribution in [2.24, 2.45) is 11.8 Å². The monoisotopic (exact) mass is 608 g/mol. The molecule has 1 aliphatic heterocycles. The third-order valence-electron chi connectivity index (χ3n) is 9.82. The van der Waals surface area contributed by atoms with E-state index < -0.39 is 8.32 Å². The molecule has 2 aliphatic rings. The van der Waals surface area contributed by atoms with Gasteiger partial charge in [0.25, 0.3) is 8.32 Å². The average molecular weight is 609 g/mol. The molecule has 2 bridgehead atoms. The van der Waals surface area contributed by atoms with Crippen LogP contribution in [0.15, 0.2) is 115 Å². The van der Waals surface area contributed by atoms with Crippen molar-refractivity contribution in [1.82, 2.24) is 0 Å². The van der Waals surface area contributed by atoms with Crippen LogP contribution >= 0.6 is 0 Å². The summed E-state index contributed by atoms with van der Waals surface area (Å²) in [5.41, 5.74) is 1.33. The summed E-state index contributed by atoms with van der Waals surface area (Å²) in [6, 6.07) is 37.3. The number of fused-ring (bicyclic) bond motifs is 2. The smallest absolute Gasteiger partial charge is 0.338 e. The van der Waals surface area contributed by atoms with Gasteiger partial charge in [-0.3, -0.25) is 0 Å². The number of carbonyl (C=O) groups excluding carboxylic acids is 1. The summed E-state index contributed by atoms with van der Waals surface area (Å²) in [6.45, 7) is 8.25. The van der Waals surface area contributed by atoms with Crippen LogP contribution in [0.5, 0.6) is 0 Å². The quantitative estimate of drug-likeness (QED) is 0.145. The van der Waals surface area contributed by atoms with Crippen LogP contribution < -0.4 is 10.4 Å². The minimum Gasteiger partial charge on any atom is -0.462 e. The van der Waals surface area contributed by atoms with Gasteiger partial charge in [0.15, 0.2) is 0 Å². The number of hydrogen-bond donors (Lipinski definition) is 0. The minimum atomic E-state index is -2.77. The molecule has 0 spiro atoms. The van der Waals surface area contributed by atoms with E-state index in [2.05, 4.69) is 81.4 Å². The highest BCUT2D eigenvalue weighted by Crippen LogP contribution is 2.57. The van der Waals surface area contributed by atoms with Gasteiger partial charge in [-0.15, -0.1) is 0 Å². The number of ether oxygens (including phenoxy) is 2. The Morgan fingerprint density at radius 3 is 2.00 bits per heavy atom. The molecule has 4 nitrogen and oxygen atoms in total. The molecule has 0 aromatic heterocycles. The molecule has 6 heteroatoms. The standard InChI is InChI=1S/C38H41FO4Si/c1-37(2,3)44(31-15-9-5-10-16-31,32-17-11-6-12-18-32)43-26-33-34(23-24-41-36(40)28-13-7-4-8-14-28)38(25-35(33)42-27-38)29-19-21-30(39)22-20-29/h4-22,33-35H,23-27H2,1-3H3. The zero-order valence-electron chi connectivity index (χ0n) is 25.7. The second kappa shape index (κ2) is 12.4. The number of rotatable bonds is 10. The highest BCUT2D eigenvalue weighted by molar-refractivity contribution is 6.99. The van der Waals surface area contributed by atoms with E-state index in [1.54, 1.807) is 12.1 Å². The molecule has 6 rings (SSSR count). The van der Waals surface area contributed by atoms with Gasteiger partial charge < -0.3 is 13.9 Å². The van der Waals surface area contributed by atoms with Crippen LogP contribution in [0.4, 0.5) is 4.39 Å². The summed E-state index contributed by atoms with van der Waals surface area (Å²) in [5.74, 6) is -0.348. The maximum absolute atomic E-state index is 14.0. The third-order valence-corrected chi connectivity index (χ3v) is 14.8. The number of benzene rings is 4. The summed E-state index contributed by atoms with van der Waals surface area (Å²) in [7, 11) is -2.77. The molecule has 0 radical (unpaired) electrons. The minimum absolute atomic E-state index is 0.00749. The highest BCUT2D eigenvalue weighted by atomic mass is 28.4. The Labute approximate surface area is 261 Å². The zero-order valence-corrected chi connectivity index (χ0v) is 26.7. The van der Waals surface area contributed by atoms with Gasteiger partial charge >= 0.3 is 5.97 Å². The summed E-state index contributed by atoms with van der Waals surface area (Å²) >= 11 is 0. The lowest BCUT2D eigenvalue weighted by Gasteiger charge is -2.45. The van der Waals surface area contributed by atoms with Crippen LogP contribution in [-0.2, 0) is 19.3 Å². The fourth-order valence-corrected chi connectivity index (χ4v) is 12.4. The van der Waals surface area contributed by atoms with Gasteiger partial charge in [-0.25, -0.2) is 9.18 Å². The predicted molar refractivity (Wildman–Crippen MR) is 174 cm³/mol. The Hall–Kier alpha value is -3.58. The first-order valence-corrected chi connectivity index (χ1v) is 17.5. The molecule has 0 N–H and O–H groups in total. The van der Waals surface area contributed by atoms with Crippen LogP contribution in [0.25, 0.3) is 0 Å². The third kappa shape index (κ3) is 5.55. The molecular weight excluding hydrogens is 567 g/mol. The Bertz CT molecular complexity index is 1500. The van der Waals surface area contributed by atoms with E-state index in [-0.39, 0.29) is 40.2 Å². The number of esters is 1. The fraction of sp³-hybridized carbons (Fsp3) is 0.342. The zero-order chi connectivity index (χ0) is 30.8. The van der Waals surface area contributed by atoms with E-state index in [0.717, 1.165) is 12.0 Å². The van der Waals surface area contributed by atoms with Gasteiger partial charge in [-0.05, 0) is 64.0 Å². The maximum Gasteiger partial charge on any atom is 0.338 e. The van der Waals surface area contributed by atoms with Crippen molar-refractivity contribution >= 4 is 24.7 Å². The van der Waals surface area contributed by atoms with Gasteiger partial charge in [0.05, 0.1) is 24.9 Å². The second-order valence-electron chi connectivity index (χ2n) is 13.3. The maximum atomic E-state index is 14.0. The van der Waals surface area contributed by atoms with Gasteiger partial charge in [0.1, 0.15) is 5.82 Å². The van der Waals surface area contributed by atoms with Crippen LogP contribution in [-0.4, -0.2) is 40.2 Å². The summed E-state index contributed by atoms with van der Waals surface area (Å²) in [6.07, 6.45) is 1.52. The van der Waals surface area contributed by atoms with Crippen molar-refractivity contribution in [2.75, 3.05) is 19.8 Å². The van der Waals surface area contributed by atoms with Crippen molar-refractivity contribution in [3.63, 3.8) is 0 Å². The molecule has 0 amide bonds. The SMILES string of the molecule is CC(C)(C)[Si](OCC1C2CC(c3ccc(F)cc3)(CO2)C1CCOC(=O)c1ccccc1)(c1ccccc1)c1ccccc1. The van der Waals surface area contributed by atoms with Crippen molar-refractivity contribution in [2.45, 2.75) is 50.2 Å². The van der Waals surface area contributed by atoms with E-state index in [0.29, 0.717) is 31.8 Å². The van der Waals surface area contributed by atoms with Gasteiger partial charge in [0.2, 0.25) is 0 Å². The molecule has 4 aromatic carbocycles. The number of hydrogen-bond acceptors (Lipinski definition) is 4. The molecule has 1 heterocycles. The Morgan fingerprint density at radius 1 is 0.864 bits per heavy atom. The van der Waals surface area contributed by atoms with E-state index in [9.17, 15) is 9.18 Å². The summed E-state index contributed by atoms with van der Waals surface area (Å²) in [5, 5.41) is 2.33. The lowest BCUT2D eigenvalue weighted by molar-refractivity contribution is -0.0342. The lowest BCUT2D eigenvalue weighted by Crippen LogP contribution is -2.67. The van der Waals surface area contributed by atoms with Crippen molar-refractivity contribution in [1.29, 1.82) is 0 Å². The second-order valence-corrected chi connectivity index (χ2v) is 17.6. The van der Waals surface area contributed by atoms with E-state index in [4.69, 9.17) is 13.9 Å². The van der Waals surface area contributed by atoms with Crippen molar-refractivity contribution in [3.05, 3.63) is 132 Å². The van der Waals surface area contributed by atoms with E-state index in [1.165, 1.54) is 22.5 Å². The first kappa shape index (κ1) is 30.4. The number of carbonyl (C=O) groups is 1. The highest BCUT2D eigenvalue weighted by Gasteiger charge is 2.60. The lowest BCUT2D eigenvalue weighted by atomic mass is 9.69. The van der Waals surface area contributed by atoms with E-state index in [1.807, 2.05) is 30.3 Å². The van der Waals surface area contributed by atoms with Crippen LogP contribution in [0.2, 0.25) is 5.04 Å². The Kier molecular flexibility index (Phi) is 8.60. The fourth-order valence-electron chi connectivity index (χ4n) is 7.76. The average Bonchev–Trinajstić information content (AvgIpc) is 3.61. The van der Waals surface area contributed by atoms with Crippen LogP contribution in [0.1, 0.15) is 49.5 Å². The topological polar surface area (TPSA) is 44.8 Å². The van der Waals surface area contributed by atoms with Gasteiger partial charge in [0, 0.05) is 17.9 Å². The van der Waals surface area contributed by atoms with Crippen molar-refractivity contribution < 1.29 is 23.1 Å². The van der Waals surface area contributed by atoms with Crippen LogP contribution in [0.3, 0.4) is 0 Å². The summed E-state index contributed by atoms with van der Waals surface area (Å²) < 4.78 is 33.7. The van der Waals surface area contributed by atoms with E-state index >= 15 is 0 Å². The normalized spacial score (nSPS) is 23.0. The largest absolute Gasteiger partial charge is 0.462 e. The van der Waals surface area contributed by atoms with Gasteiger partial charge in [-0.2, -0.15) is 0 Å². The number of halogens is 1. The molecule has 228 valence electrons. The molecule has 4 aromatic rings.